The molecule has 6 heteroatoms. The molecule has 1 amide bonds. The number of pyridine rings is 1. The van der Waals surface area contributed by atoms with E-state index in [0.717, 1.165) is 36.7 Å². The Balaban J connectivity index is 1.67. The highest BCUT2D eigenvalue weighted by Crippen LogP contribution is 2.17. The van der Waals surface area contributed by atoms with Gasteiger partial charge in [0.15, 0.2) is 0 Å². The normalized spacial score (nSPS) is 18.3. The Kier molecular flexibility index (Phi) is 4.27. The molecular weight excluding hydrogens is 278 g/mol. The van der Waals surface area contributed by atoms with Crippen LogP contribution in [0.1, 0.15) is 24.4 Å². The van der Waals surface area contributed by atoms with Crippen LogP contribution in [0.4, 0.5) is 5.82 Å². The molecule has 6 nitrogen and oxygen atoms in total. The first-order chi connectivity index (χ1) is 10.7. The molecule has 1 unspecified atom stereocenters. The molecule has 1 aliphatic rings. The summed E-state index contributed by atoms with van der Waals surface area (Å²) in [7, 11) is 0. The Morgan fingerprint density at radius 1 is 1.27 bits per heavy atom. The summed E-state index contributed by atoms with van der Waals surface area (Å²) in [5.74, 6) is 1.57. The second-order valence-corrected chi connectivity index (χ2v) is 5.41. The molecule has 0 aromatic carbocycles. The summed E-state index contributed by atoms with van der Waals surface area (Å²) in [6.07, 6.45) is 5.25. The molecule has 0 bridgehead atoms. The fourth-order valence-corrected chi connectivity index (χ4v) is 2.65. The number of aromatic nitrogens is 3. The topological polar surface area (TPSA) is 71.0 Å². The molecule has 0 spiro atoms. The van der Waals surface area contributed by atoms with Crippen molar-refractivity contribution in [1.29, 1.82) is 0 Å². The zero-order valence-corrected chi connectivity index (χ0v) is 12.6. The van der Waals surface area contributed by atoms with Gasteiger partial charge in [-0.15, -0.1) is 0 Å². The van der Waals surface area contributed by atoms with Gasteiger partial charge >= 0.3 is 0 Å². The third-order valence-corrected chi connectivity index (χ3v) is 3.70. The first kappa shape index (κ1) is 14.4. The van der Waals surface area contributed by atoms with Crippen molar-refractivity contribution in [3.05, 3.63) is 48.2 Å². The molecular formula is C16H19N5O. The van der Waals surface area contributed by atoms with E-state index in [-0.39, 0.29) is 11.9 Å². The SMILES string of the molecule is Cc1nccc(CN2CCCC(Nc3ccccn3)C2=O)n1. The van der Waals surface area contributed by atoms with Gasteiger partial charge in [-0.05, 0) is 38.0 Å². The van der Waals surface area contributed by atoms with Crippen molar-refractivity contribution in [1.82, 2.24) is 19.9 Å². The standard InChI is InChI=1S/C16H19N5O/c1-12-17-9-7-13(19-12)11-21-10-4-5-14(16(21)22)20-15-6-2-3-8-18-15/h2-3,6-9,14H,4-5,10-11H2,1H3,(H,18,20). The average molecular weight is 297 g/mol. The van der Waals surface area contributed by atoms with Crippen LogP contribution in [-0.2, 0) is 11.3 Å². The number of nitrogens with zero attached hydrogens (tertiary/aromatic N) is 4. The maximum atomic E-state index is 12.6. The van der Waals surface area contributed by atoms with E-state index in [1.807, 2.05) is 36.1 Å². The molecule has 3 rings (SSSR count). The Hall–Kier alpha value is -2.50. The van der Waals surface area contributed by atoms with Gasteiger partial charge in [0.05, 0.1) is 12.2 Å². The van der Waals surface area contributed by atoms with Crippen LogP contribution in [0.25, 0.3) is 0 Å². The third kappa shape index (κ3) is 3.39. The van der Waals surface area contributed by atoms with Gasteiger partial charge in [0, 0.05) is 18.9 Å². The predicted octanol–water partition coefficient (Wildman–Crippen LogP) is 1.78. The first-order valence-electron chi connectivity index (χ1n) is 7.47. The number of likely N-dealkylation sites (tertiary alicyclic amines) is 1. The molecule has 0 radical (unpaired) electrons. The molecule has 2 aromatic heterocycles. The van der Waals surface area contributed by atoms with Crippen molar-refractivity contribution in [2.75, 3.05) is 11.9 Å². The molecule has 3 heterocycles. The molecule has 0 saturated carbocycles. The van der Waals surface area contributed by atoms with Gasteiger partial charge in [-0.25, -0.2) is 15.0 Å². The highest BCUT2D eigenvalue weighted by Gasteiger charge is 2.29. The minimum Gasteiger partial charge on any atom is -0.358 e. The molecule has 1 fully saturated rings. The molecule has 1 N–H and O–H groups in total. The van der Waals surface area contributed by atoms with Crippen molar-refractivity contribution in [2.24, 2.45) is 0 Å². The van der Waals surface area contributed by atoms with Crippen LogP contribution < -0.4 is 5.32 Å². The van der Waals surface area contributed by atoms with E-state index in [0.29, 0.717) is 6.54 Å². The number of rotatable bonds is 4. The minimum atomic E-state index is -0.216. The van der Waals surface area contributed by atoms with Gasteiger partial charge in [-0.3, -0.25) is 4.79 Å². The number of nitrogens with one attached hydrogen (secondary N) is 1. The Morgan fingerprint density at radius 2 is 2.18 bits per heavy atom. The van der Waals surface area contributed by atoms with E-state index in [2.05, 4.69) is 20.3 Å². The number of anilines is 1. The summed E-state index contributed by atoms with van der Waals surface area (Å²) < 4.78 is 0. The third-order valence-electron chi connectivity index (χ3n) is 3.70. The van der Waals surface area contributed by atoms with Crippen molar-refractivity contribution >= 4 is 11.7 Å². The average Bonchev–Trinajstić information content (AvgIpc) is 2.52. The van der Waals surface area contributed by atoms with Crippen molar-refractivity contribution in [3.63, 3.8) is 0 Å². The molecule has 1 atom stereocenters. The monoisotopic (exact) mass is 297 g/mol. The van der Waals surface area contributed by atoms with E-state index >= 15 is 0 Å². The van der Waals surface area contributed by atoms with Gasteiger partial charge in [-0.2, -0.15) is 0 Å². The van der Waals surface area contributed by atoms with Crippen molar-refractivity contribution in [2.45, 2.75) is 32.4 Å². The lowest BCUT2D eigenvalue weighted by Gasteiger charge is -2.32. The number of hydrogen-bond donors (Lipinski definition) is 1. The smallest absolute Gasteiger partial charge is 0.245 e. The number of aryl methyl sites for hydroxylation is 1. The minimum absolute atomic E-state index is 0.105. The van der Waals surface area contributed by atoms with E-state index in [1.54, 1.807) is 12.4 Å². The molecule has 22 heavy (non-hydrogen) atoms. The predicted molar refractivity (Wildman–Crippen MR) is 83.1 cm³/mol. The van der Waals surface area contributed by atoms with Crippen LogP contribution in [0.15, 0.2) is 36.7 Å². The molecule has 0 aliphatic carbocycles. The van der Waals surface area contributed by atoms with Gasteiger partial charge in [0.1, 0.15) is 17.7 Å². The molecule has 1 aliphatic heterocycles. The fraction of sp³-hybridized carbons (Fsp3) is 0.375. The van der Waals surface area contributed by atoms with Gasteiger partial charge in [-0.1, -0.05) is 6.07 Å². The Morgan fingerprint density at radius 3 is 2.95 bits per heavy atom. The first-order valence-corrected chi connectivity index (χ1v) is 7.47. The van der Waals surface area contributed by atoms with Gasteiger partial charge < -0.3 is 10.2 Å². The zero-order chi connectivity index (χ0) is 15.4. The number of carbonyl (C=O) groups excluding carboxylic acids is 1. The number of piperidine rings is 1. The maximum absolute atomic E-state index is 12.6. The maximum Gasteiger partial charge on any atom is 0.245 e. The van der Waals surface area contributed by atoms with Gasteiger partial charge in [0.25, 0.3) is 0 Å². The largest absolute Gasteiger partial charge is 0.358 e. The van der Waals surface area contributed by atoms with E-state index in [4.69, 9.17) is 0 Å². The van der Waals surface area contributed by atoms with Crippen LogP contribution in [0.3, 0.4) is 0 Å². The molecule has 2 aromatic rings. The van der Waals surface area contributed by atoms with Crippen molar-refractivity contribution < 1.29 is 4.79 Å². The second kappa shape index (κ2) is 6.51. The second-order valence-electron chi connectivity index (χ2n) is 5.41. The lowest BCUT2D eigenvalue weighted by atomic mass is 10.0. The summed E-state index contributed by atoms with van der Waals surface area (Å²) in [6.45, 7) is 3.15. The number of hydrogen-bond acceptors (Lipinski definition) is 5. The lowest BCUT2D eigenvalue weighted by molar-refractivity contribution is -0.134. The summed E-state index contributed by atoms with van der Waals surface area (Å²) in [5.41, 5.74) is 0.874. The summed E-state index contributed by atoms with van der Waals surface area (Å²) in [6, 6.07) is 7.28. The van der Waals surface area contributed by atoms with E-state index < -0.39 is 0 Å². The van der Waals surface area contributed by atoms with Crippen LogP contribution in [0.2, 0.25) is 0 Å². The Labute approximate surface area is 129 Å². The van der Waals surface area contributed by atoms with Crippen LogP contribution in [0, 0.1) is 6.92 Å². The van der Waals surface area contributed by atoms with Crippen molar-refractivity contribution in [3.8, 4) is 0 Å². The molecule has 1 saturated heterocycles. The summed E-state index contributed by atoms with van der Waals surface area (Å²) in [5, 5.41) is 3.22. The Bertz CT molecular complexity index is 646. The number of carbonyl (C=O) groups is 1. The fourth-order valence-electron chi connectivity index (χ4n) is 2.65. The summed E-state index contributed by atoms with van der Waals surface area (Å²) >= 11 is 0. The highest BCUT2D eigenvalue weighted by atomic mass is 16.2. The van der Waals surface area contributed by atoms with E-state index in [1.165, 1.54) is 0 Å². The van der Waals surface area contributed by atoms with Gasteiger partial charge in [0.2, 0.25) is 5.91 Å². The van der Waals surface area contributed by atoms with Crippen LogP contribution >= 0.6 is 0 Å². The summed E-state index contributed by atoms with van der Waals surface area (Å²) in [4.78, 5) is 27.2. The van der Waals surface area contributed by atoms with Crippen LogP contribution in [-0.4, -0.2) is 38.3 Å². The zero-order valence-electron chi connectivity index (χ0n) is 12.6. The quantitative estimate of drug-likeness (QED) is 0.931. The highest BCUT2D eigenvalue weighted by molar-refractivity contribution is 5.85. The van der Waals surface area contributed by atoms with E-state index in [9.17, 15) is 4.79 Å². The number of amides is 1. The lowest BCUT2D eigenvalue weighted by Crippen LogP contribution is -2.47. The van der Waals surface area contributed by atoms with Crippen LogP contribution in [0.5, 0.6) is 0 Å². The molecule has 114 valence electrons.